The van der Waals surface area contributed by atoms with Gasteiger partial charge in [0.05, 0.1) is 0 Å². The molecule has 1 aliphatic carbocycles. The molecule has 1 fully saturated rings. The number of hydrogen-bond donors (Lipinski definition) is 0. The van der Waals surface area contributed by atoms with E-state index in [9.17, 15) is 0 Å². The average Bonchev–Trinajstić information content (AvgIpc) is 2.27. The molecule has 15 heavy (non-hydrogen) atoms. The number of nitrogens with zero attached hydrogens (tertiary/aromatic N) is 1. The molecule has 0 aromatic heterocycles. The van der Waals surface area contributed by atoms with Gasteiger partial charge in [-0.3, -0.25) is 4.90 Å². The summed E-state index contributed by atoms with van der Waals surface area (Å²) in [6.07, 6.45) is 7.94. The summed E-state index contributed by atoms with van der Waals surface area (Å²) < 4.78 is 0. The van der Waals surface area contributed by atoms with E-state index < -0.39 is 0 Å². The fraction of sp³-hybridized carbons (Fsp3) is 0.857. The van der Waals surface area contributed by atoms with Crippen LogP contribution in [0.5, 0.6) is 0 Å². The van der Waals surface area contributed by atoms with Crippen LogP contribution in [0.4, 0.5) is 0 Å². The maximum Gasteiger partial charge on any atom is 0.0195 e. The predicted octanol–water partition coefficient (Wildman–Crippen LogP) is 3.46. The van der Waals surface area contributed by atoms with Crippen molar-refractivity contribution in [2.75, 3.05) is 13.6 Å². The van der Waals surface area contributed by atoms with Gasteiger partial charge in [0.1, 0.15) is 0 Å². The molecule has 0 amide bonds. The number of likely N-dealkylation sites (tertiary alicyclic amines) is 1. The molecular weight excluding hydrogens is 182 g/mol. The second-order valence-electron chi connectivity index (χ2n) is 6.20. The van der Waals surface area contributed by atoms with E-state index in [-0.39, 0.29) is 0 Å². The van der Waals surface area contributed by atoms with Gasteiger partial charge in [-0.25, -0.2) is 0 Å². The lowest BCUT2D eigenvalue weighted by molar-refractivity contribution is 0.203. The molecule has 2 unspecified atom stereocenters. The van der Waals surface area contributed by atoms with Crippen LogP contribution < -0.4 is 0 Å². The maximum atomic E-state index is 2.52. The number of likely N-dealkylation sites (N-methyl/N-ethyl adjacent to an activating group) is 1. The standard InChI is InChI=1S/C14H25N/c1-11-7-8-13-12(10-15(11)4)6-5-9-14(13,2)3/h6,11,13H,5,7-10H2,1-4H3. The molecule has 0 aromatic carbocycles. The van der Waals surface area contributed by atoms with E-state index in [0.29, 0.717) is 5.41 Å². The minimum Gasteiger partial charge on any atom is -0.300 e. The summed E-state index contributed by atoms with van der Waals surface area (Å²) in [4.78, 5) is 2.52. The van der Waals surface area contributed by atoms with Crippen molar-refractivity contribution in [2.45, 2.75) is 52.5 Å². The highest BCUT2D eigenvalue weighted by atomic mass is 15.1. The molecule has 0 bridgehead atoms. The quantitative estimate of drug-likeness (QED) is 0.550. The highest BCUT2D eigenvalue weighted by molar-refractivity contribution is 5.17. The second kappa shape index (κ2) is 3.93. The van der Waals surface area contributed by atoms with Crippen LogP contribution >= 0.6 is 0 Å². The van der Waals surface area contributed by atoms with E-state index in [1.165, 1.54) is 32.2 Å². The van der Waals surface area contributed by atoms with E-state index in [4.69, 9.17) is 0 Å². The molecule has 1 aliphatic heterocycles. The summed E-state index contributed by atoms with van der Waals surface area (Å²) in [5.41, 5.74) is 2.26. The first kappa shape index (κ1) is 11.2. The van der Waals surface area contributed by atoms with Crippen LogP contribution in [-0.4, -0.2) is 24.5 Å². The van der Waals surface area contributed by atoms with Gasteiger partial charge in [-0.2, -0.15) is 0 Å². The molecule has 1 nitrogen and oxygen atoms in total. The average molecular weight is 207 g/mol. The van der Waals surface area contributed by atoms with Gasteiger partial charge in [-0.1, -0.05) is 25.5 Å². The smallest absolute Gasteiger partial charge is 0.0195 e. The van der Waals surface area contributed by atoms with Gasteiger partial charge >= 0.3 is 0 Å². The van der Waals surface area contributed by atoms with Gasteiger partial charge in [0.2, 0.25) is 0 Å². The van der Waals surface area contributed by atoms with Crippen LogP contribution in [0.25, 0.3) is 0 Å². The highest BCUT2D eigenvalue weighted by Crippen LogP contribution is 2.45. The molecule has 1 heteroatoms. The fourth-order valence-corrected chi connectivity index (χ4v) is 3.27. The Morgan fingerprint density at radius 1 is 1.33 bits per heavy atom. The molecule has 0 N–H and O–H groups in total. The number of hydrogen-bond acceptors (Lipinski definition) is 1. The lowest BCUT2D eigenvalue weighted by Gasteiger charge is -2.39. The number of allylic oxidation sites excluding steroid dienone is 1. The van der Waals surface area contributed by atoms with Crippen LogP contribution in [0, 0.1) is 11.3 Å². The highest BCUT2D eigenvalue weighted by Gasteiger charge is 2.36. The normalized spacial score (nSPS) is 36.7. The van der Waals surface area contributed by atoms with Crippen molar-refractivity contribution in [1.29, 1.82) is 0 Å². The van der Waals surface area contributed by atoms with E-state index in [1.807, 2.05) is 0 Å². The van der Waals surface area contributed by atoms with Crippen molar-refractivity contribution in [2.24, 2.45) is 11.3 Å². The summed E-state index contributed by atoms with van der Waals surface area (Å²) in [6, 6.07) is 0.757. The predicted molar refractivity (Wildman–Crippen MR) is 65.9 cm³/mol. The van der Waals surface area contributed by atoms with Crippen LogP contribution in [0.15, 0.2) is 11.6 Å². The summed E-state index contributed by atoms with van der Waals surface area (Å²) >= 11 is 0. The summed E-state index contributed by atoms with van der Waals surface area (Å²) in [7, 11) is 2.27. The van der Waals surface area contributed by atoms with Crippen molar-refractivity contribution in [3.63, 3.8) is 0 Å². The Labute approximate surface area is 94.5 Å². The van der Waals surface area contributed by atoms with E-state index in [1.54, 1.807) is 5.57 Å². The Morgan fingerprint density at radius 3 is 2.80 bits per heavy atom. The van der Waals surface area contributed by atoms with Gasteiger partial charge in [-0.05, 0) is 51.0 Å². The van der Waals surface area contributed by atoms with E-state index >= 15 is 0 Å². The third-order valence-corrected chi connectivity index (χ3v) is 4.64. The SMILES string of the molecule is CC1CCC2C(=CCCC2(C)C)CN1C. The largest absolute Gasteiger partial charge is 0.300 e. The van der Waals surface area contributed by atoms with Gasteiger partial charge in [0, 0.05) is 12.6 Å². The molecule has 0 saturated carbocycles. The Bertz CT molecular complexity index is 265. The zero-order chi connectivity index (χ0) is 11.1. The third-order valence-electron chi connectivity index (χ3n) is 4.64. The molecule has 2 aliphatic rings. The molecule has 2 rings (SSSR count). The van der Waals surface area contributed by atoms with Gasteiger partial charge in [0.25, 0.3) is 0 Å². The topological polar surface area (TPSA) is 3.24 Å². The Kier molecular flexibility index (Phi) is 2.94. The first-order chi connectivity index (χ1) is 7.00. The van der Waals surface area contributed by atoms with Crippen LogP contribution in [-0.2, 0) is 0 Å². The van der Waals surface area contributed by atoms with Crippen molar-refractivity contribution in [3.8, 4) is 0 Å². The van der Waals surface area contributed by atoms with E-state index in [0.717, 1.165) is 12.0 Å². The molecule has 1 saturated heterocycles. The first-order valence-electron chi connectivity index (χ1n) is 6.40. The number of rotatable bonds is 0. The number of fused-ring (bicyclic) bond motifs is 1. The fourth-order valence-electron chi connectivity index (χ4n) is 3.27. The van der Waals surface area contributed by atoms with Crippen molar-refractivity contribution in [1.82, 2.24) is 4.90 Å². The van der Waals surface area contributed by atoms with Crippen LogP contribution in [0.3, 0.4) is 0 Å². The van der Waals surface area contributed by atoms with Crippen molar-refractivity contribution >= 4 is 0 Å². The van der Waals surface area contributed by atoms with Gasteiger partial charge in [0.15, 0.2) is 0 Å². The van der Waals surface area contributed by atoms with Crippen molar-refractivity contribution in [3.05, 3.63) is 11.6 Å². The third kappa shape index (κ3) is 2.13. The first-order valence-corrected chi connectivity index (χ1v) is 6.40. The summed E-state index contributed by atoms with van der Waals surface area (Å²) in [5.74, 6) is 0.846. The molecule has 2 atom stereocenters. The zero-order valence-corrected chi connectivity index (χ0v) is 10.7. The lowest BCUT2D eigenvalue weighted by atomic mass is 9.67. The van der Waals surface area contributed by atoms with Crippen molar-refractivity contribution < 1.29 is 0 Å². The molecule has 1 heterocycles. The zero-order valence-electron chi connectivity index (χ0n) is 10.7. The molecule has 0 radical (unpaired) electrons. The minimum atomic E-state index is 0.537. The second-order valence-corrected chi connectivity index (χ2v) is 6.20. The Hall–Kier alpha value is -0.300. The van der Waals surface area contributed by atoms with Gasteiger partial charge in [-0.15, -0.1) is 0 Å². The lowest BCUT2D eigenvalue weighted by Crippen LogP contribution is -2.32. The summed E-state index contributed by atoms with van der Waals surface area (Å²) in [6.45, 7) is 8.49. The summed E-state index contributed by atoms with van der Waals surface area (Å²) in [5, 5.41) is 0. The molecular formula is C14H25N. The van der Waals surface area contributed by atoms with Crippen LogP contribution in [0.2, 0.25) is 0 Å². The maximum absolute atomic E-state index is 2.52. The Morgan fingerprint density at radius 2 is 2.07 bits per heavy atom. The molecule has 86 valence electrons. The monoisotopic (exact) mass is 207 g/mol. The van der Waals surface area contributed by atoms with Crippen LogP contribution in [0.1, 0.15) is 46.5 Å². The minimum absolute atomic E-state index is 0.537. The molecule has 0 spiro atoms. The Balaban J connectivity index is 2.22. The molecule has 0 aromatic rings. The van der Waals surface area contributed by atoms with Gasteiger partial charge < -0.3 is 0 Å². The van der Waals surface area contributed by atoms with E-state index in [2.05, 4.69) is 38.8 Å².